The number of carbonyl (C=O) groups excluding carboxylic acids is 3. The summed E-state index contributed by atoms with van der Waals surface area (Å²) in [6.07, 6.45) is 0.0167. The van der Waals surface area contributed by atoms with Gasteiger partial charge in [-0.15, -0.1) is 11.8 Å². The molecule has 1 N–H and O–H groups in total. The minimum atomic E-state index is -4.73. The first-order valence-electron chi connectivity index (χ1n) is 12.6. The van der Waals surface area contributed by atoms with E-state index in [1.54, 1.807) is 25.7 Å². The molecule has 0 bridgehead atoms. The number of nitrogens with zero attached hydrogens (tertiary/aromatic N) is 2. The number of anilines is 1. The number of rotatable bonds is 7. The molecule has 1 aromatic carbocycles. The predicted molar refractivity (Wildman–Crippen MR) is 135 cm³/mol. The lowest BCUT2D eigenvalue weighted by Gasteiger charge is -2.40. The van der Waals surface area contributed by atoms with Gasteiger partial charge in [-0.3, -0.25) is 14.4 Å². The van der Waals surface area contributed by atoms with Crippen LogP contribution >= 0.6 is 11.8 Å². The number of fused-ring (bicyclic) bond motifs is 1. The molecule has 2 aliphatic rings. The van der Waals surface area contributed by atoms with Crippen LogP contribution < -0.4 is 10.2 Å². The largest absolute Gasteiger partial charge is 0.417 e. The Hall–Kier alpha value is -2.23. The normalized spacial score (nSPS) is 18.2. The van der Waals surface area contributed by atoms with E-state index in [9.17, 15) is 27.6 Å². The SMILES string of the molecule is CCC(=O)NCCN1C(=O)C(C)(C)Sc2cc(C(F)(F)F)c(C(=O)N(C(C)C)C3CCCCC3)cc21. The smallest absolute Gasteiger partial charge is 0.354 e. The lowest BCUT2D eigenvalue weighted by molar-refractivity contribution is -0.138. The topological polar surface area (TPSA) is 69.7 Å². The van der Waals surface area contributed by atoms with Crippen molar-refractivity contribution < 1.29 is 27.6 Å². The molecule has 36 heavy (non-hydrogen) atoms. The summed E-state index contributed by atoms with van der Waals surface area (Å²) in [5, 5.41) is 2.71. The van der Waals surface area contributed by atoms with E-state index in [4.69, 9.17) is 0 Å². The summed E-state index contributed by atoms with van der Waals surface area (Å²) in [6.45, 7) is 8.93. The fourth-order valence-electron chi connectivity index (χ4n) is 5.00. The van der Waals surface area contributed by atoms with Crippen LogP contribution in [-0.4, -0.2) is 52.5 Å². The number of hydrogen-bond donors (Lipinski definition) is 1. The Bertz CT molecular complexity index is 1000. The molecule has 1 aliphatic carbocycles. The Morgan fingerprint density at radius 2 is 1.83 bits per heavy atom. The molecule has 0 spiro atoms. The highest BCUT2D eigenvalue weighted by atomic mass is 32.2. The van der Waals surface area contributed by atoms with Gasteiger partial charge in [-0.1, -0.05) is 26.2 Å². The molecule has 1 aromatic rings. The van der Waals surface area contributed by atoms with Crippen LogP contribution in [0.25, 0.3) is 0 Å². The highest BCUT2D eigenvalue weighted by molar-refractivity contribution is 8.01. The Kier molecular flexibility index (Phi) is 8.68. The van der Waals surface area contributed by atoms with Gasteiger partial charge in [0.25, 0.3) is 5.91 Å². The van der Waals surface area contributed by atoms with E-state index < -0.39 is 28.0 Å². The first kappa shape index (κ1) is 28.3. The van der Waals surface area contributed by atoms with Gasteiger partial charge in [0.1, 0.15) is 0 Å². The van der Waals surface area contributed by atoms with Crippen molar-refractivity contribution in [3.8, 4) is 0 Å². The van der Waals surface area contributed by atoms with Crippen LogP contribution in [0.4, 0.5) is 18.9 Å². The molecule has 6 nitrogen and oxygen atoms in total. The summed E-state index contributed by atoms with van der Waals surface area (Å²) in [7, 11) is 0. The number of halogens is 3. The van der Waals surface area contributed by atoms with Crippen molar-refractivity contribution >= 4 is 35.2 Å². The number of nitrogens with one attached hydrogen (secondary N) is 1. The number of alkyl halides is 3. The average molecular weight is 528 g/mol. The molecule has 10 heteroatoms. The number of thioether (sulfide) groups is 1. The second kappa shape index (κ2) is 11.0. The zero-order valence-electron chi connectivity index (χ0n) is 21.6. The van der Waals surface area contributed by atoms with Crippen molar-refractivity contribution in [2.75, 3.05) is 18.0 Å². The van der Waals surface area contributed by atoms with Crippen molar-refractivity contribution in [3.05, 3.63) is 23.3 Å². The molecule has 3 amide bonds. The van der Waals surface area contributed by atoms with Crippen molar-refractivity contribution in [2.45, 2.75) is 101 Å². The fraction of sp³-hybridized carbons (Fsp3) is 0.654. The summed E-state index contributed by atoms with van der Waals surface area (Å²) in [5.74, 6) is -1.12. The quantitative estimate of drug-likeness (QED) is 0.499. The van der Waals surface area contributed by atoms with Gasteiger partial charge in [0.15, 0.2) is 0 Å². The number of amides is 3. The summed E-state index contributed by atoms with van der Waals surface area (Å²) in [4.78, 5) is 42.0. The van der Waals surface area contributed by atoms with Gasteiger partial charge in [0.2, 0.25) is 11.8 Å². The lowest BCUT2D eigenvalue weighted by Crippen LogP contribution is -2.49. The van der Waals surface area contributed by atoms with Gasteiger partial charge in [-0.05, 0) is 52.7 Å². The van der Waals surface area contributed by atoms with Crippen LogP contribution in [0.5, 0.6) is 0 Å². The van der Waals surface area contributed by atoms with E-state index in [2.05, 4.69) is 5.32 Å². The Morgan fingerprint density at radius 3 is 2.39 bits per heavy atom. The lowest BCUT2D eigenvalue weighted by atomic mass is 9.92. The predicted octanol–water partition coefficient (Wildman–Crippen LogP) is 5.63. The van der Waals surface area contributed by atoms with E-state index in [-0.39, 0.29) is 49.1 Å². The zero-order valence-corrected chi connectivity index (χ0v) is 22.4. The number of hydrogen-bond acceptors (Lipinski definition) is 4. The molecular formula is C26H36F3N3O3S. The average Bonchev–Trinajstić information content (AvgIpc) is 2.80. The molecule has 0 unspecified atom stereocenters. The molecule has 0 atom stereocenters. The van der Waals surface area contributed by atoms with Crippen LogP contribution in [0.2, 0.25) is 0 Å². The molecule has 1 aliphatic heterocycles. The van der Waals surface area contributed by atoms with Crippen LogP contribution in [0.1, 0.15) is 89.1 Å². The van der Waals surface area contributed by atoms with Gasteiger partial charge in [0, 0.05) is 36.5 Å². The third-order valence-corrected chi connectivity index (χ3v) is 8.02. The molecule has 0 radical (unpaired) electrons. The maximum atomic E-state index is 14.3. The maximum absolute atomic E-state index is 14.3. The highest BCUT2D eigenvalue weighted by Gasteiger charge is 2.44. The molecule has 1 fully saturated rings. The van der Waals surface area contributed by atoms with Crippen LogP contribution in [0, 0.1) is 0 Å². The van der Waals surface area contributed by atoms with Crippen molar-refractivity contribution in [2.24, 2.45) is 0 Å². The first-order valence-corrected chi connectivity index (χ1v) is 13.4. The molecule has 200 valence electrons. The summed E-state index contributed by atoms with van der Waals surface area (Å²) < 4.78 is 41.8. The number of benzene rings is 1. The molecule has 3 rings (SSSR count). The first-order chi connectivity index (χ1) is 16.8. The van der Waals surface area contributed by atoms with Crippen LogP contribution in [0.15, 0.2) is 17.0 Å². The molecule has 1 saturated carbocycles. The minimum absolute atomic E-state index is 0.0943. The van der Waals surface area contributed by atoms with E-state index in [1.807, 2.05) is 13.8 Å². The molecule has 0 aromatic heterocycles. The Balaban J connectivity index is 2.10. The van der Waals surface area contributed by atoms with Crippen LogP contribution in [0.3, 0.4) is 0 Å². The van der Waals surface area contributed by atoms with Gasteiger partial charge in [-0.25, -0.2) is 0 Å². The second-order valence-corrected chi connectivity index (χ2v) is 11.9. The fourth-order valence-corrected chi connectivity index (χ4v) is 6.20. The zero-order chi connectivity index (χ0) is 26.8. The molecular weight excluding hydrogens is 491 g/mol. The van der Waals surface area contributed by atoms with Crippen LogP contribution in [-0.2, 0) is 15.8 Å². The third kappa shape index (κ3) is 6.01. The van der Waals surface area contributed by atoms with Crippen molar-refractivity contribution in [1.82, 2.24) is 10.2 Å². The Morgan fingerprint density at radius 1 is 1.19 bits per heavy atom. The monoisotopic (exact) mass is 527 g/mol. The highest BCUT2D eigenvalue weighted by Crippen LogP contribution is 2.48. The standard InChI is InChI=1S/C26H36F3N3O3S/c1-6-22(33)30-12-13-31-20-14-18(23(34)32(16(2)3)17-10-8-7-9-11-17)19(26(27,28)29)15-21(20)36-25(4,5)24(31)35/h14-17H,6-13H2,1-5H3,(H,30,33). The van der Waals surface area contributed by atoms with Crippen molar-refractivity contribution in [3.63, 3.8) is 0 Å². The van der Waals surface area contributed by atoms with Gasteiger partial charge in [-0.2, -0.15) is 13.2 Å². The van der Waals surface area contributed by atoms with E-state index in [1.165, 1.54) is 11.0 Å². The van der Waals surface area contributed by atoms with Crippen molar-refractivity contribution in [1.29, 1.82) is 0 Å². The number of carbonyl (C=O) groups is 3. The van der Waals surface area contributed by atoms with Gasteiger partial charge < -0.3 is 15.1 Å². The molecule has 1 heterocycles. The van der Waals surface area contributed by atoms with E-state index in [0.717, 1.165) is 49.9 Å². The second-order valence-electron chi connectivity index (χ2n) is 10.2. The minimum Gasteiger partial charge on any atom is -0.354 e. The molecule has 0 saturated heterocycles. The Labute approximate surface area is 215 Å². The maximum Gasteiger partial charge on any atom is 0.417 e. The summed E-state index contributed by atoms with van der Waals surface area (Å²) >= 11 is 1.06. The van der Waals surface area contributed by atoms with E-state index >= 15 is 0 Å². The third-order valence-electron chi connectivity index (χ3n) is 6.79. The summed E-state index contributed by atoms with van der Waals surface area (Å²) in [6, 6.07) is 1.87. The van der Waals surface area contributed by atoms with E-state index in [0.29, 0.717) is 4.90 Å². The summed E-state index contributed by atoms with van der Waals surface area (Å²) in [5.41, 5.74) is -1.14. The van der Waals surface area contributed by atoms with Gasteiger partial charge >= 0.3 is 6.18 Å². The van der Waals surface area contributed by atoms with Gasteiger partial charge in [0.05, 0.1) is 21.6 Å².